The van der Waals surface area contributed by atoms with Gasteiger partial charge < -0.3 is 20.6 Å². The van der Waals surface area contributed by atoms with Crippen LogP contribution in [0.5, 0.6) is 0 Å². The van der Waals surface area contributed by atoms with Gasteiger partial charge in [-0.15, -0.1) is 0 Å². The molecule has 2 amide bonds. The van der Waals surface area contributed by atoms with Crippen LogP contribution in [-0.2, 0) is 17.8 Å². The Morgan fingerprint density at radius 3 is 2.45 bits per heavy atom. The lowest BCUT2D eigenvalue weighted by atomic mass is 9.70. The second-order valence-electron chi connectivity index (χ2n) is 9.54. The van der Waals surface area contributed by atoms with Gasteiger partial charge in [-0.3, -0.25) is 14.4 Å². The summed E-state index contributed by atoms with van der Waals surface area (Å²) >= 11 is 0. The SMILES string of the molecule is CN/N=C(\C)C1(NC(=O)C(=O)c2c(C)c(C(=O)Nc3ccc(F)c(C(F)F)c3)c3n2CCC3)CC(F)(F)C1. The van der Waals surface area contributed by atoms with Gasteiger partial charge in [0.25, 0.3) is 29.9 Å². The Morgan fingerprint density at radius 2 is 1.84 bits per heavy atom. The average molecular weight is 540 g/mol. The van der Waals surface area contributed by atoms with Crippen molar-refractivity contribution in [3.8, 4) is 0 Å². The number of nitrogens with zero attached hydrogens (tertiary/aromatic N) is 2. The van der Waals surface area contributed by atoms with Crippen molar-refractivity contribution in [1.29, 1.82) is 0 Å². The van der Waals surface area contributed by atoms with Gasteiger partial charge >= 0.3 is 0 Å². The van der Waals surface area contributed by atoms with Gasteiger partial charge in [-0.2, -0.15) is 5.10 Å². The minimum absolute atomic E-state index is 0.0584. The third kappa shape index (κ3) is 4.76. The van der Waals surface area contributed by atoms with Gasteiger partial charge in [-0.1, -0.05) is 0 Å². The number of carbonyl (C=O) groups is 3. The first kappa shape index (κ1) is 27.3. The fraction of sp³-hybridized carbons (Fsp3) is 0.440. The zero-order valence-electron chi connectivity index (χ0n) is 20.9. The first-order chi connectivity index (χ1) is 17.8. The summed E-state index contributed by atoms with van der Waals surface area (Å²) in [5, 5.41) is 8.80. The van der Waals surface area contributed by atoms with Crippen molar-refractivity contribution >= 4 is 29.0 Å². The smallest absolute Gasteiger partial charge is 0.294 e. The van der Waals surface area contributed by atoms with E-state index in [1.807, 2.05) is 0 Å². The van der Waals surface area contributed by atoms with Gasteiger partial charge in [-0.25, -0.2) is 22.0 Å². The predicted molar refractivity (Wildman–Crippen MR) is 128 cm³/mol. The highest BCUT2D eigenvalue weighted by Gasteiger charge is 2.59. The summed E-state index contributed by atoms with van der Waals surface area (Å²) in [5.74, 6) is -6.98. The third-order valence-corrected chi connectivity index (χ3v) is 6.99. The predicted octanol–water partition coefficient (Wildman–Crippen LogP) is 4.13. The van der Waals surface area contributed by atoms with Crippen molar-refractivity contribution in [1.82, 2.24) is 15.3 Å². The Morgan fingerprint density at radius 1 is 1.16 bits per heavy atom. The molecule has 0 radical (unpaired) electrons. The molecule has 1 aromatic heterocycles. The van der Waals surface area contributed by atoms with Gasteiger partial charge in [0.05, 0.1) is 28.1 Å². The highest BCUT2D eigenvalue weighted by atomic mass is 19.3. The number of hydrazone groups is 1. The van der Waals surface area contributed by atoms with Crippen LogP contribution in [-0.4, -0.2) is 46.4 Å². The highest BCUT2D eigenvalue weighted by Crippen LogP contribution is 2.46. The summed E-state index contributed by atoms with van der Waals surface area (Å²) in [4.78, 5) is 39.5. The molecule has 38 heavy (non-hydrogen) atoms. The number of anilines is 1. The van der Waals surface area contributed by atoms with Gasteiger partial charge in [0.2, 0.25) is 0 Å². The number of carbonyl (C=O) groups excluding carboxylic acids is 3. The van der Waals surface area contributed by atoms with Gasteiger partial charge in [0.1, 0.15) is 5.82 Å². The minimum atomic E-state index is -3.09. The molecule has 1 aliphatic carbocycles. The second-order valence-corrected chi connectivity index (χ2v) is 9.54. The maximum atomic E-state index is 13.8. The molecule has 4 rings (SSSR count). The van der Waals surface area contributed by atoms with Crippen molar-refractivity contribution in [2.75, 3.05) is 12.4 Å². The van der Waals surface area contributed by atoms with Gasteiger partial charge in [0, 0.05) is 37.8 Å². The summed E-state index contributed by atoms with van der Waals surface area (Å²) in [6.45, 7) is 3.28. The maximum absolute atomic E-state index is 13.8. The Labute approximate surface area is 214 Å². The van der Waals surface area contributed by atoms with Crippen LogP contribution in [0.3, 0.4) is 0 Å². The Balaban J connectivity index is 1.62. The average Bonchev–Trinajstić information content (AvgIpc) is 3.37. The molecule has 8 nitrogen and oxygen atoms in total. The fourth-order valence-electron chi connectivity index (χ4n) is 5.22. The van der Waals surface area contributed by atoms with Crippen molar-refractivity contribution in [2.24, 2.45) is 5.10 Å². The van der Waals surface area contributed by atoms with Crippen molar-refractivity contribution in [3.63, 3.8) is 0 Å². The summed E-state index contributed by atoms with van der Waals surface area (Å²) in [6.07, 6.45) is -3.53. The topological polar surface area (TPSA) is 105 Å². The van der Waals surface area contributed by atoms with Crippen LogP contribution in [0, 0.1) is 12.7 Å². The Hall–Kier alpha value is -3.77. The van der Waals surface area contributed by atoms with Crippen molar-refractivity contribution in [2.45, 2.75) is 64.0 Å². The monoisotopic (exact) mass is 539 g/mol. The number of hydrogen-bond acceptors (Lipinski definition) is 5. The van der Waals surface area contributed by atoms with E-state index in [1.165, 1.54) is 25.5 Å². The van der Waals surface area contributed by atoms with E-state index >= 15 is 0 Å². The lowest BCUT2D eigenvalue weighted by Gasteiger charge is -2.47. The molecule has 2 aromatic rings. The first-order valence-electron chi connectivity index (χ1n) is 11.9. The second kappa shape index (κ2) is 9.84. The summed E-state index contributed by atoms with van der Waals surface area (Å²) < 4.78 is 68.9. The van der Waals surface area contributed by atoms with Crippen LogP contribution < -0.4 is 16.1 Å². The minimum Gasteiger partial charge on any atom is -0.341 e. The van der Waals surface area contributed by atoms with Crippen LogP contribution in [0.4, 0.5) is 27.6 Å². The maximum Gasteiger partial charge on any atom is 0.294 e. The van der Waals surface area contributed by atoms with Crippen LogP contribution in [0.15, 0.2) is 23.3 Å². The zero-order valence-corrected chi connectivity index (χ0v) is 20.9. The molecule has 0 spiro atoms. The quantitative estimate of drug-likeness (QED) is 0.154. The van der Waals surface area contributed by atoms with E-state index in [0.29, 0.717) is 25.1 Å². The molecule has 2 heterocycles. The number of amides is 2. The number of aromatic nitrogens is 1. The lowest BCUT2D eigenvalue weighted by Crippen LogP contribution is -2.67. The molecule has 0 atom stereocenters. The van der Waals surface area contributed by atoms with Crippen LogP contribution >= 0.6 is 0 Å². The van der Waals surface area contributed by atoms with E-state index in [-0.39, 0.29) is 28.2 Å². The van der Waals surface area contributed by atoms with E-state index < -0.39 is 59.7 Å². The lowest BCUT2D eigenvalue weighted by molar-refractivity contribution is -0.132. The molecule has 3 N–H and O–H groups in total. The standard InChI is InChI=1S/C25H26F5N5O3/c1-12-18(22(37)32-14-6-7-16(26)15(9-14)21(27)28)17-5-4-8-35(17)19(12)20(36)23(38)33-24(13(2)34-31-3)10-25(29,30)11-24/h6-7,9,21,31H,4-5,8,10-11H2,1-3H3,(H,32,37)(H,33,38)/b34-13+. The molecule has 2 aliphatic rings. The van der Waals surface area contributed by atoms with Crippen LogP contribution in [0.25, 0.3) is 0 Å². The number of benzene rings is 1. The van der Waals surface area contributed by atoms with Crippen LogP contribution in [0.2, 0.25) is 0 Å². The summed E-state index contributed by atoms with van der Waals surface area (Å²) in [6, 6.07) is 2.77. The van der Waals surface area contributed by atoms with Gasteiger partial charge in [0.15, 0.2) is 0 Å². The van der Waals surface area contributed by atoms with Gasteiger partial charge in [-0.05, 0) is 50.5 Å². The number of halogens is 5. The Bertz CT molecular complexity index is 1340. The summed E-state index contributed by atoms with van der Waals surface area (Å²) in [7, 11) is 1.47. The third-order valence-electron chi connectivity index (χ3n) is 6.99. The number of hydrogen-bond donors (Lipinski definition) is 3. The Kier molecular flexibility index (Phi) is 7.06. The van der Waals surface area contributed by atoms with E-state index in [4.69, 9.17) is 0 Å². The number of nitrogens with one attached hydrogen (secondary N) is 3. The van der Waals surface area contributed by atoms with E-state index in [9.17, 15) is 36.3 Å². The number of ketones is 1. The van der Waals surface area contributed by atoms with E-state index in [2.05, 4.69) is 21.2 Å². The first-order valence-corrected chi connectivity index (χ1v) is 11.9. The fourth-order valence-corrected chi connectivity index (χ4v) is 5.22. The van der Waals surface area contributed by atoms with Crippen molar-refractivity contribution in [3.05, 3.63) is 52.1 Å². The molecule has 1 saturated carbocycles. The molecule has 1 fully saturated rings. The normalized spacial score (nSPS) is 17.6. The number of rotatable bonds is 8. The van der Waals surface area contributed by atoms with E-state index in [0.717, 1.165) is 18.2 Å². The molecular formula is C25H26F5N5O3. The van der Waals surface area contributed by atoms with Crippen molar-refractivity contribution < 1.29 is 36.3 Å². The molecular weight excluding hydrogens is 513 g/mol. The molecule has 0 saturated heterocycles. The number of alkyl halides is 4. The highest BCUT2D eigenvalue weighted by molar-refractivity contribution is 6.43. The van der Waals surface area contributed by atoms with Crippen LogP contribution in [0.1, 0.15) is 70.3 Å². The molecule has 204 valence electrons. The number of Topliss-reactive ketones (excluding diaryl/α,β-unsaturated/α-hetero) is 1. The molecule has 1 aromatic carbocycles. The summed E-state index contributed by atoms with van der Waals surface area (Å²) in [5.41, 5.74) is 0.932. The zero-order chi connectivity index (χ0) is 28.0. The molecule has 0 unspecified atom stereocenters. The molecule has 1 aliphatic heterocycles. The van der Waals surface area contributed by atoms with E-state index in [1.54, 1.807) is 0 Å². The largest absolute Gasteiger partial charge is 0.341 e. The molecule has 13 heteroatoms. The molecule has 0 bridgehead atoms. The number of fused-ring (bicyclic) bond motifs is 1.